The maximum absolute atomic E-state index is 14.6. The zero-order valence-electron chi connectivity index (χ0n) is 26.2. The summed E-state index contributed by atoms with van der Waals surface area (Å²) in [7, 11) is 1.39. The van der Waals surface area contributed by atoms with Crippen LogP contribution in [-0.4, -0.2) is 112 Å². The predicted octanol–water partition coefficient (Wildman–Crippen LogP) is 2.30. The summed E-state index contributed by atoms with van der Waals surface area (Å²) in [6, 6.07) is 9.66. The molecule has 2 saturated carbocycles. The summed E-state index contributed by atoms with van der Waals surface area (Å²) in [5.41, 5.74) is 1.84. The van der Waals surface area contributed by atoms with E-state index in [-0.39, 0.29) is 6.04 Å². The van der Waals surface area contributed by atoms with Gasteiger partial charge in [-0.1, -0.05) is 34.7 Å². The van der Waals surface area contributed by atoms with Crippen molar-refractivity contribution in [3.8, 4) is 22.5 Å². The van der Waals surface area contributed by atoms with Gasteiger partial charge in [0.1, 0.15) is 47.4 Å². The van der Waals surface area contributed by atoms with E-state index in [1.807, 2.05) is 0 Å². The molecule has 8 atom stereocenters. The van der Waals surface area contributed by atoms with Gasteiger partial charge in [0.2, 0.25) is 0 Å². The molecule has 48 heavy (non-hydrogen) atoms. The third-order valence-corrected chi connectivity index (χ3v) is 9.63. The fourth-order valence-corrected chi connectivity index (χ4v) is 7.12. The van der Waals surface area contributed by atoms with Gasteiger partial charge in [-0.15, -0.1) is 10.2 Å². The van der Waals surface area contributed by atoms with Crippen LogP contribution >= 0.6 is 0 Å². The number of aliphatic hydroxyl groups is 3. The minimum absolute atomic E-state index is 0.139. The molecule has 0 unspecified atom stereocenters. The van der Waals surface area contributed by atoms with Gasteiger partial charge in [0.25, 0.3) is 5.91 Å². The molecule has 2 aromatic carbocycles. The van der Waals surface area contributed by atoms with Gasteiger partial charge in [-0.2, -0.15) is 0 Å². The fraction of sp³-hybridized carbons (Fsp3) is 0.485. The first kappa shape index (κ1) is 32.4. The predicted molar refractivity (Wildman–Crippen MR) is 165 cm³/mol. The van der Waals surface area contributed by atoms with E-state index in [0.29, 0.717) is 41.8 Å². The first-order valence-corrected chi connectivity index (χ1v) is 16.1. The SMILES string of the molecule is CO[C@@H]1[C@@H](n2cc(-c3cccc(F)c3)nn2)[C@@H](O)[C@@H](CO)O[C@H]1C(=O)N(C1CC1)[C@@H]1CCC[C@H](n2cc(-c3cccc(F)c3)nn2)[C@H]1O. The number of hydrogen-bond donors (Lipinski definition) is 3. The summed E-state index contributed by atoms with van der Waals surface area (Å²) in [6.07, 6.45) is 0.703. The second-order valence-electron chi connectivity index (χ2n) is 12.7. The van der Waals surface area contributed by atoms with Gasteiger partial charge in [-0.25, -0.2) is 18.1 Å². The molecular formula is C33H37F2N7O6. The molecule has 254 valence electrons. The van der Waals surface area contributed by atoms with Gasteiger partial charge in [0.05, 0.1) is 37.2 Å². The normalized spacial score (nSPS) is 29.1. The molecule has 0 spiro atoms. The molecule has 1 aliphatic heterocycles. The third kappa shape index (κ3) is 6.12. The number of methoxy groups -OCH3 is 1. The molecule has 1 saturated heterocycles. The summed E-state index contributed by atoms with van der Waals surface area (Å²) in [5, 5.41) is 50.1. The fourth-order valence-electron chi connectivity index (χ4n) is 7.12. The Bertz CT molecular complexity index is 1750. The molecule has 3 aliphatic rings. The van der Waals surface area contributed by atoms with Gasteiger partial charge >= 0.3 is 0 Å². The molecule has 0 radical (unpaired) electrons. The highest BCUT2D eigenvalue weighted by Gasteiger charge is 2.54. The highest BCUT2D eigenvalue weighted by Crippen LogP contribution is 2.41. The van der Waals surface area contributed by atoms with E-state index < -0.39 is 72.8 Å². The lowest BCUT2D eigenvalue weighted by Gasteiger charge is -2.47. The second-order valence-corrected chi connectivity index (χ2v) is 12.7. The topological polar surface area (TPSA) is 161 Å². The Morgan fingerprint density at radius 3 is 2.15 bits per heavy atom. The highest BCUT2D eigenvalue weighted by atomic mass is 19.1. The molecule has 7 rings (SSSR count). The summed E-state index contributed by atoms with van der Waals surface area (Å²) >= 11 is 0. The summed E-state index contributed by atoms with van der Waals surface area (Å²) < 4.78 is 42.6. The lowest BCUT2D eigenvalue weighted by atomic mass is 9.85. The van der Waals surface area contributed by atoms with Crippen LogP contribution in [0.15, 0.2) is 60.9 Å². The summed E-state index contributed by atoms with van der Waals surface area (Å²) in [5.74, 6) is -1.28. The molecule has 15 heteroatoms. The van der Waals surface area contributed by atoms with E-state index in [1.165, 1.54) is 42.3 Å². The first-order valence-electron chi connectivity index (χ1n) is 16.1. The van der Waals surface area contributed by atoms with Crippen LogP contribution in [0.2, 0.25) is 0 Å². The Balaban J connectivity index is 1.16. The van der Waals surface area contributed by atoms with Crippen molar-refractivity contribution in [2.75, 3.05) is 13.7 Å². The lowest BCUT2D eigenvalue weighted by Crippen LogP contribution is -2.63. The van der Waals surface area contributed by atoms with Crippen molar-refractivity contribution >= 4 is 5.91 Å². The largest absolute Gasteiger partial charge is 0.394 e. The van der Waals surface area contributed by atoms with Crippen LogP contribution in [-0.2, 0) is 14.3 Å². The van der Waals surface area contributed by atoms with Gasteiger partial charge in [-0.05, 0) is 56.4 Å². The van der Waals surface area contributed by atoms with E-state index in [1.54, 1.807) is 40.0 Å². The number of carbonyl (C=O) groups is 1. The first-order chi connectivity index (χ1) is 23.3. The summed E-state index contributed by atoms with van der Waals surface area (Å²) in [4.78, 5) is 16.2. The van der Waals surface area contributed by atoms with Crippen LogP contribution < -0.4 is 0 Å². The number of amides is 1. The zero-order chi connectivity index (χ0) is 33.5. The van der Waals surface area contributed by atoms with Crippen molar-refractivity contribution in [3.05, 3.63) is 72.6 Å². The van der Waals surface area contributed by atoms with Crippen molar-refractivity contribution < 1.29 is 38.4 Å². The average Bonchev–Trinajstić information content (AvgIpc) is 3.58. The zero-order valence-corrected chi connectivity index (χ0v) is 26.2. The number of carbonyl (C=O) groups excluding carboxylic acids is 1. The molecule has 3 fully saturated rings. The van der Waals surface area contributed by atoms with E-state index in [4.69, 9.17) is 9.47 Å². The van der Waals surface area contributed by atoms with Gasteiger partial charge in [-0.3, -0.25) is 4.79 Å². The summed E-state index contributed by atoms with van der Waals surface area (Å²) in [6.45, 7) is -0.583. The van der Waals surface area contributed by atoms with Crippen molar-refractivity contribution in [1.29, 1.82) is 0 Å². The molecule has 0 bridgehead atoms. The van der Waals surface area contributed by atoms with E-state index >= 15 is 0 Å². The number of nitrogens with zero attached hydrogens (tertiary/aromatic N) is 7. The van der Waals surface area contributed by atoms with Crippen molar-refractivity contribution in [1.82, 2.24) is 34.9 Å². The van der Waals surface area contributed by atoms with Crippen LogP contribution in [0.5, 0.6) is 0 Å². The van der Waals surface area contributed by atoms with Crippen molar-refractivity contribution in [3.63, 3.8) is 0 Å². The minimum atomic E-state index is -1.33. The highest BCUT2D eigenvalue weighted by molar-refractivity contribution is 5.83. The standard InChI is InChI=1S/C33H37F2N7O6/c1-47-31-28(41-16-24(37-39-41)19-6-3-8-21(35)14-19)30(45)27(17-43)48-32(31)33(46)42(22-11-12-22)26-10-4-9-25(29(26)44)40-15-23(36-38-40)18-5-2-7-20(34)13-18/h2-3,5-8,13-16,22,25-32,43-45H,4,9-12,17H2,1H3/t25-,26+,27+,28-,29+,30-,31+,32+/m0/s1. The number of aromatic nitrogens is 6. The Labute approximate surface area is 274 Å². The van der Waals surface area contributed by atoms with E-state index in [0.717, 1.165) is 12.8 Å². The van der Waals surface area contributed by atoms with Crippen LogP contribution in [0.4, 0.5) is 8.78 Å². The van der Waals surface area contributed by atoms with Crippen LogP contribution in [0, 0.1) is 11.6 Å². The Morgan fingerprint density at radius 2 is 1.56 bits per heavy atom. The number of benzene rings is 2. The number of ether oxygens (including phenoxy) is 2. The number of aliphatic hydroxyl groups excluding tert-OH is 3. The lowest BCUT2D eigenvalue weighted by molar-refractivity contribution is -0.219. The van der Waals surface area contributed by atoms with Crippen LogP contribution in [0.1, 0.15) is 44.2 Å². The Kier molecular flexibility index (Phi) is 9.04. The van der Waals surface area contributed by atoms with Gasteiger partial charge < -0.3 is 29.7 Å². The molecule has 3 heterocycles. The van der Waals surface area contributed by atoms with Crippen molar-refractivity contribution in [2.24, 2.45) is 0 Å². The Hall–Kier alpha value is -4.15. The Morgan fingerprint density at radius 1 is 0.938 bits per heavy atom. The monoisotopic (exact) mass is 665 g/mol. The van der Waals surface area contributed by atoms with E-state index in [9.17, 15) is 28.9 Å². The maximum Gasteiger partial charge on any atom is 0.255 e. The second kappa shape index (κ2) is 13.4. The molecule has 1 amide bonds. The molecule has 2 aromatic heterocycles. The third-order valence-electron chi connectivity index (χ3n) is 9.63. The average molecular weight is 666 g/mol. The minimum Gasteiger partial charge on any atom is -0.394 e. The van der Waals surface area contributed by atoms with Crippen molar-refractivity contribution in [2.45, 2.75) is 86.8 Å². The molecule has 3 N–H and O–H groups in total. The van der Waals surface area contributed by atoms with Gasteiger partial charge in [0, 0.05) is 24.3 Å². The number of halogens is 2. The smallest absolute Gasteiger partial charge is 0.255 e. The van der Waals surface area contributed by atoms with E-state index in [2.05, 4.69) is 20.6 Å². The molecule has 4 aromatic rings. The van der Waals surface area contributed by atoms with Gasteiger partial charge in [0.15, 0.2) is 6.10 Å². The molecule has 2 aliphatic carbocycles. The van der Waals surface area contributed by atoms with Crippen LogP contribution in [0.25, 0.3) is 22.5 Å². The maximum atomic E-state index is 14.6. The quantitative estimate of drug-likeness (QED) is 0.242. The number of hydrogen-bond acceptors (Lipinski definition) is 10. The molecular weight excluding hydrogens is 628 g/mol. The molecule has 13 nitrogen and oxygen atoms in total. The van der Waals surface area contributed by atoms with Crippen LogP contribution in [0.3, 0.4) is 0 Å². The number of rotatable bonds is 9.